The third-order valence-electron chi connectivity index (χ3n) is 2.32. The predicted octanol–water partition coefficient (Wildman–Crippen LogP) is 0.851. The minimum atomic E-state index is -0.772. The maximum absolute atomic E-state index is 11.7. The Hall–Kier alpha value is -0.260. The molecule has 0 aromatic carbocycles. The van der Waals surface area contributed by atoms with Crippen molar-refractivity contribution in [1.82, 2.24) is 10.6 Å². The Bertz CT molecular complexity index is 233. The Kier molecular flexibility index (Phi) is 7.83. The number of carbonyl (C=O) groups excluding carboxylic acids is 1. The number of hydrogen-bond acceptors (Lipinski definition) is 4. The zero-order chi connectivity index (χ0) is 13.5. The summed E-state index contributed by atoms with van der Waals surface area (Å²) >= 11 is 1.59. The van der Waals surface area contributed by atoms with Crippen molar-refractivity contribution in [3.8, 4) is 0 Å². The van der Waals surface area contributed by atoms with Gasteiger partial charge in [0.05, 0.1) is 11.6 Å². The van der Waals surface area contributed by atoms with Gasteiger partial charge in [0, 0.05) is 18.8 Å². The highest BCUT2D eigenvalue weighted by Crippen LogP contribution is 2.09. The maximum atomic E-state index is 11.7. The van der Waals surface area contributed by atoms with Gasteiger partial charge in [0.2, 0.25) is 5.91 Å². The van der Waals surface area contributed by atoms with E-state index in [1.807, 2.05) is 13.2 Å². The van der Waals surface area contributed by atoms with Crippen LogP contribution in [-0.4, -0.2) is 47.8 Å². The fourth-order valence-corrected chi connectivity index (χ4v) is 2.01. The third-order valence-corrected chi connectivity index (χ3v) is 3.23. The second kappa shape index (κ2) is 7.95. The molecule has 0 aliphatic rings. The summed E-state index contributed by atoms with van der Waals surface area (Å²) in [6.45, 7) is 8.81. The van der Waals surface area contributed by atoms with Gasteiger partial charge in [-0.1, -0.05) is 13.8 Å². The first-order valence-electron chi connectivity index (χ1n) is 6.01. The van der Waals surface area contributed by atoms with Gasteiger partial charge < -0.3 is 15.7 Å². The number of amides is 1. The smallest absolute Gasteiger partial charge is 0.236 e. The summed E-state index contributed by atoms with van der Waals surface area (Å²) in [4.78, 5) is 11.7. The van der Waals surface area contributed by atoms with Gasteiger partial charge in [0.25, 0.3) is 0 Å². The molecule has 0 saturated heterocycles. The molecule has 0 aliphatic heterocycles. The van der Waals surface area contributed by atoms with Crippen LogP contribution in [0.4, 0.5) is 0 Å². The van der Waals surface area contributed by atoms with Crippen LogP contribution in [0.25, 0.3) is 0 Å². The van der Waals surface area contributed by atoms with Crippen molar-refractivity contribution >= 4 is 17.7 Å². The Labute approximate surface area is 109 Å². The molecular weight excluding hydrogens is 236 g/mol. The van der Waals surface area contributed by atoms with Gasteiger partial charge in [-0.05, 0) is 26.0 Å². The lowest BCUT2D eigenvalue weighted by Crippen LogP contribution is -2.49. The molecule has 0 spiro atoms. The van der Waals surface area contributed by atoms with Gasteiger partial charge in [-0.2, -0.15) is 11.8 Å². The largest absolute Gasteiger partial charge is 0.388 e. The molecule has 2 atom stereocenters. The lowest BCUT2D eigenvalue weighted by Gasteiger charge is -2.25. The molecule has 0 aromatic heterocycles. The summed E-state index contributed by atoms with van der Waals surface area (Å²) in [6.07, 6.45) is 1.95. The van der Waals surface area contributed by atoms with Crippen LogP contribution in [0, 0.1) is 5.92 Å². The molecule has 0 aromatic rings. The highest BCUT2D eigenvalue weighted by molar-refractivity contribution is 7.98. The minimum Gasteiger partial charge on any atom is -0.388 e. The minimum absolute atomic E-state index is 0.0151. The van der Waals surface area contributed by atoms with Crippen LogP contribution in [0.1, 0.15) is 27.7 Å². The first-order valence-corrected chi connectivity index (χ1v) is 7.40. The van der Waals surface area contributed by atoms with Gasteiger partial charge in [-0.25, -0.2) is 0 Å². The van der Waals surface area contributed by atoms with E-state index in [2.05, 4.69) is 24.5 Å². The lowest BCUT2D eigenvalue weighted by molar-refractivity contribution is -0.123. The van der Waals surface area contributed by atoms with Crippen LogP contribution in [0.15, 0.2) is 0 Å². The predicted molar refractivity (Wildman–Crippen MR) is 74.3 cm³/mol. The number of thioether (sulfide) groups is 1. The highest BCUT2D eigenvalue weighted by Gasteiger charge is 2.22. The molecule has 4 nitrogen and oxygen atoms in total. The van der Waals surface area contributed by atoms with Gasteiger partial charge in [0.15, 0.2) is 0 Å². The number of hydrogen-bond donors (Lipinski definition) is 3. The molecule has 102 valence electrons. The second-order valence-electron chi connectivity index (χ2n) is 5.17. The zero-order valence-electron chi connectivity index (χ0n) is 11.5. The zero-order valence-corrected chi connectivity index (χ0v) is 12.4. The van der Waals surface area contributed by atoms with Gasteiger partial charge in [0.1, 0.15) is 0 Å². The summed E-state index contributed by atoms with van der Waals surface area (Å²) in [5.74, 6) is 1.09. The second-order valence-corrected chi connectivity index (χ2v) is 6.04. The van der Waals surface area contributed by atoms with Crippen LogP contribution in [0.3, 0.4) is 0 Å². The van der Waals surface area contributed by atoms with Crippen molar-refractivity contribution in [2.75, 3.05) is 25.1 Å². The standard InChI is InChI=1S/C12H26N2O2S/c1-9(2)6-13-11(15)10(3)14-7-12(4,16)8-17-5/h9-10,14,16H,6-8H2,1-5H3,(H,13,15). The molecule has 0 bridgehead atoms. The average Bonchev–Trinajstić information content (AvgIpc) is 2.22. The molecule has 0 fully saturated rings. The molecule has 1 amide bonds. The first-order chi connectivity index (χ1) is 7.78. The van der Waals surface area contributed by atoms with Crippen molar-refractivity contribution in [3.63, 3.8) is 0 Å². The molecule has 0 radical (unpaired) electrons. The Balaban J connectivity index is 3.92. The van der Waals surface area contributed by atoms with E-state index >= 15 is 0 Å². The van der Waals surface area contributed by atoms with Gasteiger partial charge >= 0.3 is 0 Å². The van der Waals surface area contributed by atoms with Crippen LogP contribution in [0.5, 0.6) is 0 Å². The maximum Gasteiger partial charge on any atom is 0.236 e. The molecule has 0 rings (SSSR count). The van der Waals surface area contributed by atoms with E-state index in [1.165, 1.54) is 0 Å². The van der Waals surface area contributed by atoms with Crippen LogP contribution >= 0.6 is 11.8 Å². The topological polar surface area (TPSA) is 61.4 Å². The van der Waals surface area contributed by atoms with E-state index in [1.54, 1.807) is 18.7 Å². The van der Waals surface area contributed by atoms with Gasteiger partial charge in [-0.3, -0.25) is 4.79 Å². The van der Waals surface area contributed by atoms with Crippen molar-refractivity contribution in [3.05, 3.63) is 0 Å². The van der Waals surface area contributed by atoms with E-state index < -0.39 is 5.60 Å². The molecule has 3 N–H and O–H groups in total. The summed E-state index contributed by atoms with van der Waals surface area (Å²) in [5.41, 5.74) is -0.772. The Morgan fingerprint density at radius 3 is 2.47 bits per heavy atom. The Morgan fingerprint density at radius 2 is 2.00 bits per heavy atom. The molecule has 5 heteroatoms. The fraction of sp³-hybridized carbons (Fsp3) is 0.917. The SMILES string of the molecule is CSCC(C)(O)CNC(C)C(=O)NCC(C)C. The summed E-state index contributed by atoms with van der Waals surface area (Å²) in [6, 6.07) is -0.276. The van der Waals surface area contributed by atoms with E-state index in [9.17, 15) is 9.90 Å². The summed E-state index contributed by atoms with van der Waals surface area (Å²) < 4.78 is 0. The molecule has 0 heterocycles. The number of carbonyl (C=O) groups is 1. The molecule has 17 heavy (non-hydrogen) atoms. The Morgan fingerprint density at radius 1 is 1.41 bits per heavy atom. The van der Waals surface area contributed by atoms with Crippen LogP contribution < -0.4 is 10.6 Å². The van der Waals surface area contributed by atoms with Crippen LogP contribution in [0.2, 0.25) is 0 Å². The van der Waals surface area contributed by atoms with E-state index in [4.69, 9.17) is 0 Å². The van der Waals surface area contributed by atoms with Crippen LogP contribution in [-0.2, 0) is 4.79 Å². The number of aliphatic hydroxyl groups is 1. The molecule has 0 saturated carbocycles. The van der Waals surface area contributed by atoms with E-state index in [0.29, 0.717) is 24.8 Å². The number of rotatable bonds is 8. The highest BCUT2D eigenvalue weighted by atomic mass is 32.2. The first kappa shape index (κ1) is 16.7. The van der Waals surface area contributed by atoms with Crippen molar-refractivity contribution in [2.45, 2.75) is 39.3 Å². The quantitative estimate of drug-likeness (QED) is 0.607. The third kappa shape index (κ3) is 8.46. The number of nitrogens with one attached hydrogen (secondary N) is 2. The monoisotopic (exact) mass is 262 g/mol. The van der Waals surface area contributed by atoms with E-state index in [-0.39, 0.29) is 11.9 Å². The summed E-state index contributed by atoms with van der Waals surface area (Å²) in [5, 5.41) is 15.9. The van der Waals surface area contributed by atoms with E-state index in [0.717, 1.165) is 0 Å². The molecule has 2 unspecified atom stereocenters. The molecule has 0 aliphatic carbocycles. The lowest BCUT2D eigenvalue weighted by atomic mass is 10.1. The average molecular weight is 262 g/mol. The van der Waals surface area contributed by atoms with Crippen molar-refractivity contribution in [1.29, 1.82) is 0 Å². The molecular formula is C12H26N2O2S. The fourth-order valence-electron chi connectivity index (χ4n) is 1.29. The van der Waals surface area contributed by atoms with Gasteiger partial charge in [-0.15, -0.1) is 0 Å². The summed E-state index contributed by atoms with van der Waals surface area (Å²) in [7, 11) is 0. The normalized spacial score (nSPS) is 16.6. The van der Waals surface area contributed by atoms with Crippen molar-refractivity contribution < 1.29 is 9.90 Å². The van der Waals surface area contributed by atoms with Crippen molar-refractivity contribution in [2.24, 2.45) is 5.92 Å².